The van der Waals surface area contributed by atoms with Crippen molar-refractivity contribution in [3.8, 4) is 0 Å². The topological polar surface area (TPSA) is 61.9 Å². The molecule has 0 aliphatic carbocycles. The molecule has 2 aliphatic heterocycles. The first-order valence-corrected chi connectivity index (χ1v) is 8.45. The highest BCUT2D eigenvalue weighted by Gasteiger charge is 2.29. The summed E-state index contributed by atoms with van der Waals surface area (Å²) in [5.41, 5.74) is 0. The molecule has 0 bridgehead atoms. The van der Waals surface area contributed by atoms with Crippen LogP contribution in [-0.4, -0.2) is 74.6 Å². The van der Waals surface area contributed by atoms with Crippen molar-refractivity contribution in [3.63, 3.8) is 0 Å². The van der Waals surface area contributed by atoms with E-state index < -0.39 is 0 Å². The van der Waals surface area contributed by atoms with Gasteiger partial charge in [0, 0.05) is 39.1 Å². The zero-order chi connectivity index (χ0) is 15.8. The van der Waals surface area contributed by atoms with Gasteiger partial charge < -0.3 is 15.0 Å². The molecule has 2 amide bonds. The van der Waals surface area contributed by atoms with Crippen LogP contribution in [0.2, 0.25) is 0 Å². The molecule has 22 heavy (non-hydrogen) atoms. The Balaban J connectivity index is 1.65. The number of carbonyl (C=O) groups excluding carboxylic acids is 2. The minimum Gasteiger partial charge on any atom is -0.383 e. The number of likely N-dealkylation sites (tertiary alicyclic amines) is 2. The minimum absolute atomic E-state index is 0.0877. The zero-order valence-electron chi connectivity index (χ0n) is 13.7. The van der Waals surface area contributed by atoms with Gasteiger partial charge in [-0.1, -0.05) is 12.8 Å². The highest BCUT2D eigenvalue weighted by Crippen LogP contribution is 2.16. The SMILES string of the molecule is COCCN1C[C@@H](CNC(=O)CN2CCCCCC2)CC1=O. The molecule has 0 aromatic carbocycles. The molecule has 126 valence electrons. The van der Waals surface area contributed by atoms with Gasteiger partial charge in [0.1, 0.15) is 0 Å². The van der Waals surface area contributed by atoms with Gasteiger partial charge in [-0.05, 0) is 25.9 Å². The fraction of sp³-hybridized carbons (Fsp3) is 0.875. The quantitative estimate of drug-likeness (QED) is 0.742. The molecule has 1 N–H and O–H groups in total. The third-order valence-electron chi connectivity index (χ3n) is 4.51. The summed E-state index contributed by atoms with van der Waals surface area (Å²) in [5.74, 6) is 0.492. The number of hydrogen-bond acceptors (Lipinski definition) is 4. The summed E-state index contributed by atoms with van der Waals surface area (Å²) in [6.07, 6.45) is 5.48. The first-order valence-electron chi connectivity index (χ1n) is 8.45. The summed E-state index contributed by atoms with van der Waals surface area (Å²) in [7, 11) is 1.64. The number of nitrogens with zero attached hydrogens (tertiary/aromatic N) is 2. The summed E-state index contributed by atoms with van der Waals surface area (Å²) < 4.78 is 5.01. The monoisotopic (exact) mass is 311 g/mol. The van der Waals surface area contributed by atoms with E-state index in [0.29, 0.717) is 32.7 Å². The number of hydrogen-bond donors (Lipinski definition) is 1. The largest absolute Gasteiger partial charge is 0.383 e. The van der Waals surface area contributed by atoms with Crippen LogP contribution in [0.1, 0.15) is 32.1 Å². The van der Waals surface area contributed by atoms with Gasteiger partial charge in [0.15, 0.2) is 0 Å². The van der Waals surface area contributed by atoms with Crippen LogP contribution in [0.15, 0.2) is 0 Å². The molecule has 0 unspecified atom stereocenters. The Kier molecular flexibility index (Phi) is 7.12. The third-order valence-corrected chi connectivity index (χ3v) is 4.51. The molecule has 0 spiro atoms. The van der Waals surface area contributed by atoms with Crippen LogP contribution in [0, 0.1) is 5.92 Å². The second-order valence-electron chi connectivity index (χ2n) is 6.40. The van der Waals surface area contributed by atoms with Gasteiger partial charge in [-0.3, -0.25) is 14.5 Å². The molecular weight excluding hydrogens is 282 g/mol. The Bertz CT molecular complexity index is 368. The van der Waals surface area contributed by atoms with Crippen molar-refractivity contribution in [2.24, 2.45) is 5.92 Å². The van der Waals surface area contributed by atoms with E-state index >= 15 is 0 Å². The maximum absolute atomic E-state index is 12.0. The Labute approximate surface area is 133 Å². The van der Waals surface area contributed by atoms with Gasteiger partial charge in [-0.25, -0.2) is 0 Å². The Morgan fingerprint density at radius 1 is 1.27 bits per heavy atom. The molecule has 6 heteroatoms. The molecule has 6 nitrogen and oxygen atoms in total. The van der Waals surface area contributed by atoms with Crippen LogP contribution in [0.3, 0.4) is 0 Å². The molecule has 2 fully saturated rings. The van der Waals surface area contributed by atoms with Crippen LogP contribution in [0.5, 0.6) is 0 Å². The predicted molar refractivity (Wildman–Crippen MR) is 84.5 cm³/mol. The third kappa shape index (κ3) is 5.57. The minimum atomic E-state index is 0.0877. The highest BCUT2D eigenvalue weighted by atomic mass is 16.5. The Hall–Kier alpha value is -1.14. The fourth-order valence-corrected chi connectivity index (χ4v) is 3.22. The van der Waals surface area contributed by atoms with Crippen molar-refractivity contribution in [3.05, 3.63) is 0 Å². The highest BCUT2D eigenvalue weighted by molar-refractivity contribution is 5.80. The first kappa shape index (κ1) is 17.2. The summed E-state index contributed by atoms with van der Waals surface area (Å²) in [4.78, 5) is 28.0. The van der Waals surface area contributed by atoms with E-state index in [1.165, 1.54) is 25.7 Å². The lowest BCUT2D eigenvalue weighted by Crippen LogP contribution is -2.40. The number of amides is 2. The van der Waals surface area contributed by atoms with Gasteiger partial charge in [0.05, 0.1) is 13.2 Å². The number of rotatable bonds is 7. The van der Waals surface area contributed by atoms with Crippen LogP contribution in [0.25, 0.3) is 0 Å². The lowest BCUT2D eigenvalue weighted by molar-refractivity contribution is -0.128. The van der Waals surface area contributed by atoms with Gasteiger partial charge in [0.2, 0.25) is 11.8 Å². The molecular formula is C16H29N3O3. The van der Waals surface area contributed by atoms with Gasteiger partial charge in [0.25, 0.3) is 0 Å². The zero-order valence-corrected chi connectivity index (χ0v) is 13.7. The second-order valence-corrected chi connectivity index (χ2v) is 6.40. The van der Waals surface area contributed by atoms with Crippen molar-refractivity contribution >= 4 is 11.8 Å². The average molecular weight is 311 g/mol. The number of methoxy groups -OCH3 is 1. The number of nitrogens with one attached hydrogen (secondary N) is 1. The van der Waals surface area contributed by atoms with E-state index in [-0.39, 0.29) is 17.7 Å². The molecule has 1 atom stereocenters. The van der Waals surface area contributed by atoms with Crippen molar-refractivity contribution in [1.82, 2.24) is 15.1 Å². The predicted octanol–water partition coefficient (Wildman–Crippen LogP) is 0.474. The van der Waals surface area contributed by atoms with Crippen molar-refractivity contribution in [2.75, 3.05) is 53.0 Å². The molecule has 0 radical (unpaired) electrons. The maximum atomic E-state index is 12.0. The summed E-state index contributed by atoms with van der Waals surface area (Å²) in [6.45, 7) is 5.09. The van der Waals surface area contributed by atoms with E-state index in [1.807, 2.05) is 4.90 Å². The molecule has 2 aliphatic rings. The smallest absolute Gasteiger partial charge is 0.234 e. The van der Waals surface area contributed by atoms with E-state index in [2.05, 4.69) is 10.2 Å². The summed E-state index contributed by atoms with van der Waals surface area (Å²) in [5, 5.41) is 3.00. The van der Waals surface area contributed by atoms with E-state index in [0.717, 1.165) is 19.6 Å². The second kappa shape index (κ2) is 9.10. The normalized spacial score (nSPS) is 23.6. The molecule has 0 saturated carbocycles. The Morgan fingerprint density at radius 2 is 2.00 bits per heavy atom. The van der Waals surface area contributed by atoms with Crippen LogP contribution in [0.4, 0.5) is 0 Å². The van der Waals surface area contributed by atoms with Crippen LogP contribution < -0.4 is 5.32 Å². The van der Waals surface area contributed by atoms with Crippen LogP contribution in [-0.2, 0) is 14.3 Å². The van der Waals surface area contributed by atoms with Crippen molar-refractivity contribution in [2.45, 2.75) is 32.1 Å². The molecule has 2 rings (SSSR count). The maximum Gasteiger partial charge on any atom is 0.234 e. The number of carbonyl (C=O) groups is 2. The van der Waals surface area contributed by atoms with Crippen LogP contribution >= 0.6 is 0 Å². The standard InChI is InChI=1S/C16H29N3O3/c1-22-9-8-19-12-14(10-16(19)21)11-17-15(20)13-18-6-4-2-3-5-7-18/h14H,2-13H2,1H3,(H,17,20)/t14-/m1/s1. The van der Waals surface area contributed by atoms with Gasteiger partial charge in [-0.15, -0.1) is 0 Å². The Morgan fingerprint density at radius 3 is 2.68 bits per heavy atom. The molecule has 0 aromatic rings. The lowest BCUT2D eigenvalue weighted by Gasteiger charge is -2.20. The number of ether oxygens (including phenoxy) is 1. The van der Waals surface area contributed by atoms with E-state index in [1.54, 1.807) is 7.11 Å². The molecule has 0 aromatic heterocycles. The molecule has 2 heterocycles. The van der Waals surface area contributed by atoms with Gasteiger partial charge >= 0.3 is 0 Å². The first-order chi connectivity index (χ1) is 10.7. The van der Waals surface area contributed by atoms with Gasteiger partial charge in [-0.2, -0.15) is 0 Å². The summed E-state index contributed by atoms with van der Waals surface area (Å²) in [6, 6.07) is 0. The lowest BCUT2D eigenvalue weighted by atomic mass is 10.1. The molecule has 2 saturated heterocycles. The van der Waals surface area contributed by atoms with E-state index in [4.69, 9.17) is 4.74 Å². The average Bonchev–Trinajstić information content (AvgIpc) is 2.69. The summed E-state index contributed by atoms with van der Waals surface area (Å²) >= 11 is 0. The van der Waals surface area contributed by atoms with Crippen molar-refractivity contribution < 1.29 is 14.3 Å². The van der Waals surface area contributed by atoms with E-state index in [9.17, 15) is 9.59 Å². The van der Waals surface area contributed by atoms with Crippen molar-refractivity contribution in [1.29, 1.82) is 0 Å². The fourth-order valence-electron chi connectivity index (χ4n) is 3.22.